The van der Waals surface area contributed by atoms with Gasteiger partial charge >= 0.3 is 0 Å². The number of hydrogen-bond donors (Lipinski definition) is 1. The van der Waals surface area contributed by atoms with Crippen molar-refractivity contribution in [3.63, 3.8) is 0 Å². The number of rotatable bonds is 4. The van der Waals surface area contributed by atoms with Gasteiger partial charge in [-0.1, -0.05) is 19.8 Å². The highest BCUT2D eigenvalue weighted by atomic mass is 32.2. The van der Waals surface area contributed by atoms with Crippen LogP contribution in [0.3, 0.4) is 0 Å². The highest BCUT2D eigenvalue weighted by molar-refractivity contribution is 7.98. The highest BCUT2D eigenvalue weighted by Gasteiger charge is 2.38. The molecule has 0 aromatic carbocycles. The minimum atomic E-state index is 0.490. The Bertz CT molecular complexity index is 214. The van der Waals surface area contributed by atoms with Crippen LogP contribution in [0.25, 0.3) is 0 Å². The predicted molar refractivity (Wildman–Crippen MR) is 73.2 cm³/mol. The van der Waals surface area contributed by atoms with Crippen LogP contribution < -0.4 is 5.32 Å². The molecule has 94 valence electrons. The zero-order valence-corrected chi connectivity index (χ0v) is 11.6. The monoisotopic (exact) mass is 242 g/mol. The van der Waals surface area contributed by atoms with Gasteiger partial charge < -0.3 is 5.32 Å². The quantitative estimate of drug-likeness (QED) is 0.815. The van der Waals surface area contributed by atoms with Gasteiger partial charge in [-0.25, -0.2) is 0 Å². The Morgan fingerprint density at radius 1 is 1.38 bits per heavy atom. The second-order valence-electron chi connectivity index (χ2n) is 5.40. The molecule has 1 aliphatic carbocycles. The maximum atomic E-state index is 3.80. The molecule has 2 aliphatic rings. The summed E-state index contributed by atoms with van der Waals surface area (Å²) in [4.78, 5) is 2.75. The Morgan fingerprint density at radius 2 is 2.12 bits per heavy atom. The van der Waals surface area contributed by atoms with Gasteiger partial charge in [0.15, 0.2) is 0 Å². The van der Waals surface area contributed by atoms with E-state index in [0.29, 0.717) is 5.54 Å². The number of nitrogens with zero attached hydrogens (tertiary/aromatic N) is 1. The molecule has 1 atom stereocenters. The van der Waals surface area contributed by atoms with E-state index in [0.717, 1.165) is 6.04 Å². The van der Waals surface area contributed by atoms with E-state index in [1.165, 1.54) is 57.5 Å². The average Bonchev–Trinajstić information content (AvgIpc) is 2.74. The molecule has 1 unspecified atom stereocenters. The van der Waals surface area contributed by atoms with Gasteiger partial charge in [-0.3, -0.25) is 4.90 Å². The molecule has 0 bridgehead atoms. The third-order valence-corrected chi connectivity index (χ3v) is 5.03. The lowest BCUT2D eigenvalue weighted by Gasteiger charge is -2.44. The van der Waals surface area contributed by atoms with Crippen molar-refractivity contribution >= 4 is 11.8 Å². The molecule has 0 aromatic rings. The molecule has 1 aliphatic heterocycles. The molecule has 1 N–H and O–H groups in total. The molecule has 1 saturated carbocycles. The van der Waals surface area contributed by atoms with E-state index in [2.05, 4.69) is 23.4 Å². The molecule has 16 heavy (non-hydrogen) atoms. The number of thioether (sulfide) groups is 1. The SMILES string of the molecule is CCC(CSC)N1CCNC2(CCCC2)C1. The lowest BCUT2D eigenvalue weighted by molar-refractivity contribution is 0.101. The predicted octanol–water partition coefficient (Wildman–Crippen LogP) is 2.35. The van der Waals surface area contributed by atoms with Crippen LogP contribution in [-0.2, 0) is 0 Å². The summed E-state index contributed by atoms with van der Waals surface area (Å²) in [5.41, 5.74) is 0.490. The maximum absolute atomic E-state index is 3.80. The molecule has 0 radical (unpaired) electrons. The maximum Gasteiger partial charge on any atom is 0.0309 e. The van der Waals surface area contributed by atoms with Crippen molar-refractivity contribution in [2.75, 3.05) is 31.6 Å². The van der Waals surface area contributed by atoms with Crippen molar-refractivity contribution < 1.29 is 0 Å². The largest absolute Gasteiger partial charge is 0.309 e. The molecule has 0 aromatic heterocycles. The second-order valence-corrected chi connectivity index (χ2v) is 6.31. The van der Waals surface area contributed by atoms with Crippen molar-refractivity contribution in [2.24, 2.45) is 0 Å². The summed E-state index contributed by atoms with van der Waals surface area (Å²) in [6.45, 7) is 6.09. The van der Waals surface area contributed by atoms with Crippen molar-refractivity contribution in [2.45, 2.75) is 50.6 Å². The molecule has 1 spiro atoms. The second kappa shape index (κ2) is 5.74. The molecule has 3 heteroatoms. The van der Waals surface area contributed by atoms with Crippen LogP contribution in [0.4, 0.5) is 0 Å². The van der Waals surface area contributed by atoms with Crippen molar-refractivity contribution in [3.05, 3.63) is 0 Å². The summed E-state index contributed by atoms with van der Waals surface area (Å²) in [6.07, 6.45) is 9.20. The minimum absolute atomic E-state index is 0.490. The van der Waals surface area contributed by atoms with Crippen molar-refractivity contribution in [1.82, 2.24) is 10.2 Å². The molecular formula is C13H26N2S. The van der Waals surface area contributed by atoms with E-state index in [4.69, 9.17) is 0 Å². The van der Waals surface area contributed by atoms with Gasteiger partial charge in [0.1, 0.15) is 0 Å². The summed E-state index contributed by atoms with van der Waals surface area (Å²) in [5.74, 6) is 1.30. The fourth-order valence-electron chi connectivity index (χ4n) is 3.36. The van der Waals surface area contributed by atoms with Crippen molar-refractivity contribution in [1.29, 1.82) is 0 Å². The van der Waals surface area contributed by atoms with Crippen LogP contribution in [0.2, 0.25) is 0 Å². The lowest BCUT2D eigenvalue weighted by Crippen LogP contribution is -2.61. The van der Waals surface area contributed by atoms with E-state index in [9.17, 15) is 0 Å². The number of nitrogens with one attached hydrogen (secondary N) is 1. The van der Waals surface area contributed by atoms with Gasteiger partial charge in [-0.15, -0.1) is 0 Å². The summed E-state index contributed by atoms with van der Waals surface area (Å²) < 4.78 is 0. The molecular weight excluding hydrogens is 216 g/mol. The molecule has 2 fully saturated rings. The van der Waals surface area contributed by atoms with E-state index in [1.54, 1.807) is 0 Å². The highest BCUT2D eigenvalue weighted by Crippen LogP contribution is 2.32. The summed E-state index contributed by atoms with van der Waals surface area (Å²) in [5, 5.41) is 3.80. The van der Waals surface area contributed by atoms with Gasteiger partial charge in [-0.05, 0) is 25.5 Å². The van der Waals surface area contributed by atoms with Crippen LogP contribution >= 0.6 is 11.8 Å². The summed E-state index contributed by atoms with van der Waals surface area (Å²) in [7, 11) is 0. The molecule has 1 heterocycles. The molecule has 2 nitrogen and oxygen atoms in total. The first-order chi connectivity index (χ1) is 7.79. The molecule has 1 saturated heterocycles. The van der Waals surface area contributed by atoms with Crippen molar-refractivity contribution in [3.8, 4) is 0 Å². The van der Waals surface area contributed by atoms with Crippen LogP contribution in [0, 0.1) is 0 Å². The topological polar surface area (TPSA) is 15.3 Å². The van der Waals surface area contributed by atoms with Gasteiger partial charge in [0.25, 0.3) is 0 Å². The third kappa shape index (κ3) is 2.74. The first kappa shape index (κ1) is 12.7. The minimum Gasteiger partial charge on any atom is -0.309 e. The van der Waals surface area contributed by atoms with Crippen LogP contribution in [0.5, 0.6) is 0 Å². The lowest BCUT2D eigenvalue weighted by atomic mass is 9.93. The van der Waals surface area contributed by atoms with Gasteiger partial charge in [0.05, 0.1) is 0 Å². The van der Waals surface area contributed by atoms with E-state index in [1.807, 2.05) is 11.8 Å². The third-order valence-electron chi connectivity index (χ3n) is 4.31. The zero-order chi connectivity index (χ0) is 11.4. The average molecular weight is 242 g/mol. The standard InChI is InChI=1S/C13H26N2S/c1-3-12(10-16-2)15-9-8-14-13(11-15)6-4-5-7-13/h12,14H,3-11H2,1-2H3. The first-order valence-corrected chi connectivity index (χ1v) is 8.17. The Kier molecular flexibility index (Phi) is 4.57. The Hall–Kier alpha value is 0.270. The fraction of sp³-hybridized carbons (Fsp3) is 1.00. The Morgan fingerprint density at radius 3 is 2.75 bits per heavy atom. The Labute approximate surface area is 105 Å². The van der Waals surface area contributed by atoms with Gasteiger partial charge in [-0.2, -0.15) is 11.8 Å². The van der Waals surface area contributed by atoms with E-state index >= 15 is 0 Å². The summed E-state index contributed by atoms with van der Waals surface area (Å²) in [6, 6.07) is 0.801. The van der Waals surface area contributed by atoms with Crippen LogP contribution in [0.1, 0.15) is 39.0 Å². The summed E-state index contributed by atoms with van der Waals surface area (Å²) >= 11 is 2.00. The number of piperazine rings is 1. The van der Waals surface area contributed by atoms with E-state index in [-0.39, 0.29) is 0 Å². The fourth-order valence-corrected chi connectivity index (χ4v) is 4.19. The molecule has 0 amide bonds. The van der Waals surface area contributed by atoms with Crippen LogP contribution in [-0.4, -0.2) is 48.1 Å². The van der Waals surface area contributed by atoms with Gasteiger partial charge in [0.2, 0.25) is 0 Å². The van der Waals surface area contributed by atoms with Gasteiger partial charge in [0, 0.05) is 37.0 Å². The smallest absolute Gasteiger partial charge is 0.0309 e. The first-order valence-electron chi connectivity index (χ1n) is 6.78. The number of hydrogen-bond acceptors (Lipinski definition) is 3. The van der Waals surface area contributed by atoms with E-state index < -0.39 is 0 Å². The Balaban J connectivity index is 1.94. The zero-order valence-electron chi connectivity index (χ0n) is 10.8. The normalized spacial score (nSPS) is 27.4. The van der Waals surface area contributed by atoms with Crippen LogP contribution in [0.15, 0.2) is 0 Å². The molecule has 2 rings (SSSR count).